The first-order chi connectivity index (χ1) is 8.56. The molecule has 2 rings (SSSR count). The lowest BCUT2D eigenvalue weighted by molar-refractivity contribution is 0.102. The standard InChI is InChI=1S/C12H7BrF2N2O/c13-10-2-1-9(4-11(10)15)17-12(18)7-3-8(14)6-16-5-7/h1-6H,(H,17,18). The van der Waals surface area contributed by atoms with Gasteiger partial charge in [-0.15, -0.1) is 0 Å². The van der Waals surface area contributed by atoms with Crippen LogP contribution in [0.4, 0.5) is 14.5 Å². The van der Waals surface area contributed by atoms with E-state index in [0.717, 1.165) is 18.3 Å². The normalized spacial score (nSPS) is 10.2. The first kappa shape index (κ1) is 12.6. The quantitative estimate of drug-likeness (QED) is 0.923. The molecule has 6 heteroatoms. The lowest BCUT2D eigenvalue weighted by Crippen LogP contribution is -2.12. The molecule has 0 spiro atoms. The summed E-state index contributed by atoms with van der Waals surface area (Å²) in [5, 5.41) is 2.45. The number of aromatic nitrogens is 1. The maximum atomic E-state index is 13.2. The Bertz CT molecular complexity index is 604. The molecule has 0 aliphatic rings. The highest BCUT2D eigenvalue weighted by atomic mass is 79.9. The summed E-state index contributed by atoms with van der Waals surface area (Å²) in [4.78, 5) is 15.3. The SMILES string of the molecule is O=C(Nc1ccc(Br)c(F)c1)c1cncc(F)c1. The summed E-state index contributed by atoms with van der Waals surface area (Å²) in [7, 11) is 0. The highest BCUT2D eigenvalue weighted by Gasteiger charge is 2.08. The first-order valence-electron chi connectivity index (χ1n) is 4.93. The third-order valence-electron chi connectivity index (χ3n) is 2.14. The summed E-state index contributed by atoms with van der Waals surface area (Å²) in [5.41, 5.74) is 0.350. The molecule has 1 heterocycles. The highest BCUT2D eigenvalue weighted by molar-refractivity contribution is 9.10. The predicted octanol–water partition coefficient (Wildman–Crippen LogP) is 3.37. The molecular weight excluding hydrogens is 306 g/mol. The van der Waals surface area contributed by atoms with E-state index in [4.69, 9.17) is 0 Å². The summed E-state index contributed by atoms with van der Waals surface area (Å²) in [5.74, 6) is -1.65. The molecule has 0 saturated carbocycles. The summed E-state index contributed by atoms with van der Waals surface area (Å²) in [6.45, 7) is 0. The van der Waals surface area contributed by atoms with Crippen molar-refractivity contribution in [3.8, 4) is 0 Å². The molecule has 0 fully saturated rings. The van der Waals surface area contributed by atoms with Gasteiger partial charge < -0.3 is 5.32 Å². The Morgan fingerprint density at radius 2 is 2.00 bits per heavy atom. The molecule has 92 valence electrons. The number of pyridine rings is 1. The van der Waals surface area contributed by atoms with Gasteiger partial charge in [-0.3, -0.25) is 9.78 Å². The highest BCUT2D eigenvalue weighted by Crippen LogP contribution is 2.19. The fourth-order valence-electron chi connectivity index (χ4n) is 1.31. The van der Waals surface area contributed by atoms with Crippen LogP contribution in [0.3, 0.4) is 0 Å². The number of benzene rings is 1. The van der Waals surface area contributed by atoms with Gasteiger partial charge in [-0.25, -0.2) is 8.78 Å². The Kier molecular flexibility index (Phi) is 3.66. The second-order valence-corrected chi connectivity index (χ2v) is 4.33. The van der Waals surface area contributed by atoms with Crippen molar-refractivity contribution < 1.29 is 13.6 Å². The molecule has 1 amide bonds. The third kappa shape index (κ3) is 2.89. The molecule has 0 unspecified atom stereocenters. The summed E-state index contributed by atoms with van der Waals surface area (Å²) in [6.07, 6.45) is 2.23. The zero-order valence-electron chi connectivity index (χ0n) is 8.95. The molecule has 1 aromatic heterocycles. The molecule has 0 aliphatic carbocycles. The number of amides is 1. The van der Waals surface area contributed by atoms with Gasteiger partial charge in [0.2, 0.25) is 0 Å². The Morgan fingerprint density at radius 1 is 1.22 bits per heavy atom. The van der Waals surface area contributed by atoms with Crippen LogP contribution in [0.15, 0.2) is 41.1 Å². The van der Waals surface area contributed by atoms with E-state index in [1.165, 1.54) is 18.3 Å². The largest absolute Gasteiger partial charge is 0.322 e. The number of hydrogen-bond acceptors (Lipinski definition) is 2. The summed E-state index contributed by atoms with van der Waals surface area (Å²) < 4.78 is 26.4. The van der Waals surface area contributed by atoms with Gasteiger partial charge in [-0.2, -0.15) is 0 Å². The Morgan fingerprint density at radius 3 is 2.67 bits per heavy atom. The van der Waals surface area contributed by atoms with E-state index in [2.05, 4.69) is 26.2 Å². The molecule has 1 aromatic carbocycles. The fraction of sp³-hybridized carbons (Fsp3) is 0. The number of halogens is 3. The van der Waals surface area contributed by atoms with E-state index in [9.17, 15) is 13.6 Å². The van der Waals surface area contributed by atoms with Crippen molar-refractivity contribution in [2.24, 2.45) is 0 Å². The van der Waals surface area contributed by atoms with E-state index in [-0.39, 0.29) is 11.3 Å². The summed E-state index contributed by atoms with van der Waals surface area (Å²) in [6, 6.07) is 5.21. The van der Waals surface area contributed by atoms with Crippen molar-refractivity contribution >= 4 is 27.5 Å². The molecule has 0 aliphatic heterocycles. The smallest absolute Gasteiger partial charge is 0.257 e. The van der Waals surface area contributed by atoms with Crippen LogP contribution in [0.5, 0.6) is 0 Å². The number of carbonyl (C=O) groups is 1. The van der Waals surface area contributed by atoms with Crippen molar-refractivity contribution in [2.75, 3.05) is 5.32 Å². The van der Waals surface area contributed by atoms with Crippen LogP contribution >= 0.6 is 15.9 Å². The molecule has 0 bridgehead atoms. The van der Waals surface area contributed by atoms with E-state index in [1.807, 2.05) is 0 Å². The van der Waals surface area contributed by atoms with Gasteiger partial charge in [0, 0.05) is 11.9 Å². The number of hydrogen-bond donors (Lipinski definition) is 1. The first-order valence-corrected chi connectivity index (χ1v) is 5.72. The maximum Gasteiger partial charge on any atom is 0.257 e. The maximum absolute atomic E-state index is 13.2. The number of carbonyl (C=O) groups excluding carboxylic acids is 1. The van der Waals surface area contributed by atoms with Crippen LogP contribution in [0, 0.1) is 11.6 Å². The van der Waals surface area contributed by atoms with Crippen LogP contribution in [0.2, 0.25) is 0 Å². The van der Waals surface area contributed by atoms with Crippen LogP contribution < -0.4 is 5.32 Å². The van der Waals surface area contributed by atoms with E-state index >= 15 is 0 Å². The van der Waals surface area contributed by atoms with Crippen molar-refractivity contribution in [2.45, 2.75) is 0 Å². The van der Waals surface area contributed by atoms with Gasteiger partial charge >= 0.3 is 0 Å². The van der Waals surface area contributed by atoms with Gasteiger partial charge in [-0.05, 0) is 40.2 Å². The Balaban J connectivity index is 2.18. The predicted molar refractivity (Wildman–Crippen MR) is 66.2 cm³/mol. The van der Waals surface area contributed by atoms with Crippen LogP contribution in [-0.4, -0.2) is 10.9 Å². The Hall–Kier alpha value is -1.82. The topological polar surface area (TPSA) is 42.0 Å². The lowest BCUT2D eigenvalue weighted by Gasteiger charge is -2.05. The molecule has 0 saturated heterocycles. The fourth-order valence-corrected chi connectivity index (χ4v) is 1.56. The monoisotopic (exact) mass is 312 g/mol. The second-order valence-electron chi connectivity index (χ2n) is 3.47. The number of nitrogens with one attached hydrogen (secondary N) is 1. The van der Waals surface area contributed by atoms with Gasteiger partial charge in [-0.1, -0.05) is 0 Å². The zero-order chi connectivity index (χ0) is 13.1. The molecule has 18 heavy (non-hydrogen) atoms. The average Bonchev–Trinajstić information content (AvgIpc) is 2.34. The minimum atomic E-state index is -0.607. The number of rotatable bonds is 2. The minimum absolute atomic E-state index is 0.0679. The third-order valence-corrected chi connectivity index (χ3v) is 2.79. The Labute approximate surface area is 110 Å². The van der Waals surface area contributed by atoms with Crippen molar-refractivity contribution in [3.05, 3.63) is 58.3 Å². The second kappa shape index (κ2) is 5.22. The number of nitrogens with zero attached hydrogens (tertiary/aromatic N) is 1. The van der Waals surface area contributed by atoms with Crippen molar-refractivity contribution in [1.82, 2.24) is 4.98 Å². The van der Waals surface area contributed by atoms with Gasteiger partial charge in [0.05, 0.1) is 16.2 Å². The minimum Gasteiger partial charge on any atom is -0.322 e. The molecular formula is C12H7BrF2N2O. The van der Waals surface area contributed by atoms with Crippen LogP contribution in [0.25, 0.3) is 0 Å². The van der Waals surface area contributed by atoms with Crippen LogP contribution in [0.1, 0.15) is 10.4 Å². The molecule has 3 nitrogen and oxygen atoms in total. The number of anilines is 1. The molecule has 0 radical (unpaired) electrons. The van der Waals surface area contributed by atoms with Crippen molar-refractivity contribution in [1.29, 1.82) is 0 Å². The van der Waals surface area contributed by atoms with E-state index < -0.39 is 17.5 Å². The van der Waals surface area contributed by atoms with Crippen molar-refractivity contribution in [3.63, 3.8) is 0 Å². The average molecular weight is 313 g/mol. The van der Waals surface area contributed by atoms with E-state index in [0.29, 0.717) is 4.47 Å². The molecule has 1 N–H and O–H groups in total. The van der Waals surface area contributed by atoms with Crippen LogP contribution in [-0.2, 0) is 0 Å². The zero-order valence-corrected chi connectivity index (χ0v) is 10.5. The lowest BCUT2D eigenvalue weighted by atomic mass is 10.2. The van der Waals surface area contributed by atoms with E-state index in [1.54, 1.807) is 0 Å². The van der Waals surface area contributed by atoms with Gasteiger partial charge in [0.1, 0.15) is 11.6 Å². The summed E-state index contributed by atoms with van der Waals surface area (Å²) >= 11 is 3.00. The molecule has 0 atom stereocenters. The molecule has 2 aromatic rings. The van der Waals surface area contributed by atoms with Gasteiger partial charge in [0.25, 0.3) is 5.91 Å². The van der Waals surface area contributed by atoms with Gasteiger partial charge in [0.15, 0.2) is 0 Å².